The van der Waals surface area contributed by atoms with Crippen molar-refractivity contribution in [2.45, 2.75) is 12.1 Å². The van der Waals surface area contributed by atoms with Crippen molar-refractivity contribution in [2.75, 3.05) is 44.2 Å². The number of nitrogens with zero attached hydrogens (tertiary/aromatic N) is 2. The first-order valence-corrected chi connectivity index (χ1v) is 10.4. The molecule has 2 aliphatic heterocycles. The fourth-order valence-corrected chi connectivity index (χ4v) is 3.87. The highest BCUT2D eigenvalue weighted by Gasteiger charge is 2.36. The van der Waals surface area contributed by atoms with Crippen LogP contribution >= 0.6 is 11.6 Å². The minimum Gasteiger partial charge on any atom is -0.458 e. The normalized spacial score (nSPS) is 21.8. The molecule has 0 spiro atoms. The molecule has 0 aliphatic carbocycles. The van der Waals surface area contributed by atoms with Crippen LogP contribution in [0.1, 0.15) is 10.4 Å². The molecule has 2 aromatic rings. The summed E-state index contributed by atoms with van der Waals surface area (Å²) in [6.45, 7) is 4.27. The van der Waals surface area contributed by atoms with Crippen LogP contribution in [0.2, 0.25) is 5.02 Å². The number of benzene rings is 2. The topological polar surface area (TPSA) is 71.1 Å². The Hall–Kier alpha value is -2.77. The van der Waals surface area contributed by atoms with Crippen molar-refractivity contribution >= 4 is 29.4 Å². The van der Waals surface area contributed by atoms with E-state index < -0.39 is 18.2 Å². The molecule has 0 saturated carbocycles. The predicted molar refractivity (Wildman–Crippen MR) is 114 cm³/mol. The van der Waals surface area contributed by atoms with Crippen molar-refractivity contribution in [3.8, 4) is 0 Å². The van der Waals surface area contributed by atoms with E-state index in [4.69, 9.17) is 21.1 Å². The molecule has 8 heteroatoms. The molecule has 158 valence electrons. The van der Waals surface area contributed by atoms with Crippen LogP contribution in [0.15, 0.2) is 54.6 Å². The molecular formula is C22H24ClN3O4. The number of nitrogens with one attached hydrogen (secondary N) is 1. The molecule has 7 nitrogen and oxygen atoms in total. The number of rotatable bonds is 6. The standard InChI is InChI=1S/C22H24ClN3O4/c23-17-8-6-16(7-9-17)21(27)29-15-20-19(24-22(28)30-20)14-25-10-12-26(13-11-25)18-4-2-1-3-5-18/h1-9,19-20H,10-15H2,(H,24,28)/t19-,20-/m1/s1. The zero-order chi connectivity index (χ0) is 20.9. The van der Waals surface area contributed by atoms with E-state index in [-0.39, 0.29) is 12.6 Å². The summed E-state index contributed by atoms with van der Waals surface area (Å²) in [5, 5.41) is 3.39. The molecule has 2 aliphatic rings. The number of hydrogen-bond acceptors (Lipinski definition) is 6. The van der Waals surface area contributed by atoms with Crippen LogP contribution < -0.4 is 10.2 Å². The number of amides is 1. The number of alkyl carbamates (subject to hydrolysis) is 1. The second-order valence-electron chi connectivity index (χ2n) is 7.42. The molecule has 0 unspecified atom stereocenters. The second-order valence-corrected chi connectivity index (χ2v) is 7.86. The van der Waals surface area contributed by atoms with Gasteiger partial charge in [0.05, 0.1) is 11.6 Å². The lowest BCUT2D eigenvalue weighted by Crippen LogP contribution is -2.52. The summed E-state index contributed by atoms with van der Waals surface area (Å²) in [6, 6.07) is 16.6. The molecule has 2 atom stereocenters. The fraction of sp³-hybridized carbons (Fsp3) is 0.364. The minimum atomic E-state index is -0.513. The maximum absolute atomic E-state index is 12.2. The number of para-hydroxylation sites is 1. The van der Waals surface area contributed by atoms with E-state index in [1.54, 1.807) is 24.3 Å². The molecule has 0 bridgehead atoms. The van der Waals surface area contributed by atoms with Gasteiger partial charge in [-0.05, 0) is 36.4 Å². The van der Waals surface area contributed by atoms with Gasteiger partial charge in [-0.25, -0.2) is 9.59 Å². The summed E-state index contributed by atoms with van der Waals surface area (Å²) in [4.78, 5) is 28.7. The Morgan fingerprint density at radius 2 is 1.77 bits per heavy atom. The Balaban J connectivity index is 1.27. The summed E-state index contributed by atoms with van der Waals surface area (Å²) in [6.07, 6.45) is -0.989. The average molecular weight is 430 g/mol. The Bertz CT molecular complexity index is 870. The third kappa shape index (κ3) is 5.04. The largest absolute Gasteiger partial charge is 0.458 e. The Kier molecular flexibility index (Phi) is 6.40. The summed E-state index contributed by atoms with van der Waals surface area (Å²) < 4.78 is 10.7. The number of piperazine rings is 1. The highest BCUT2D eigenvalue weighted by atomic mass is 35.5. The number of esters is 1. The number of carbonyl (C=O) groups excluding carboxylic acids is 2. The van der Waals surface area contributed by atoms with E-state index in [1.165, 1.54) is 5.69 Å². The molecule has 2 saturated heterocycles. The van der Waals surface area contributed by atoms with Crippen molar-refractivity contribution in [3.63, 3.8) is 0 Å². The van der Waals surface area contributed by atoms with Crippen LogP contribution in [0.5, 0.6) is 0 Å². The molecule has 0 radical (unpaired) electrons. The lowest BCUT2D eigenvalue weighted by molar-refractivity contribution is 0.0228. The van der Waals surface area contributed by atoms with E-state index in [2.05, 4.69) is 27.2 Å². The first kappa shape index (κ1) is 20.5. The van der Waals surface area contributed by atoms with Gasteiger partial charge >= 0.3 is 12.1 Å². The molecule has 0 aromatic heterocycles. The minimum absolute atomic E-state index is 0.00878. The van der Waals surface area contributed by atoms with Crippen molar-refractivity contribution < 1.29 is 19.1 Å². The number of hydrogen-bond donors (Lipinski definition) is 1. The summed E-state index contributed by atoms with van der Waals surface area (Å²) in [7, 11) is 0. The molecule has 4 rings (SSSR count). The first-order chi connectivity index (χ1) is 14.6. The van der Waals surface area contributed by atoms with E-state index in [1.807, 2.05) is 18.2 Å². The number of ether oxygens (including phenoxy) is 2. The highest BCUT2D eigenvalue weighted by molar-refractivity contribution is 6.30. The van der Waals surface area contributed by atoms with Crippen molar-refractivity contribution in [1.82, 2.24) is 10.2 Å². The summed E-state index contributed by atoms with van der Waals surface area (Å²) in [5.74, 6) is -0.468. The molecule has 2 fully saturated rings. The van der Waals surface area contributed by atoms with Gasteiger partial charge in [0.1, 0.15) is 6.61 Å². The summed E-state index contributed by atoms with van der Waals surface area (Å²) >= 11 is 5.84. The van der Waals surface area contributed by atoms with E-state index in [0.29, 0.717) is 17.1 Å². The van der Waals surface area contributed by atoms with Gasteiger partial charge in [-0.1, -0.05) is 29.8 Å². The van der Waals surface area contributed by atoms with Crippen LogP contribution in [-0.2, 0) is 9.47 Å². The Labute approximate surface area is 180 Å². The maximum atomic E-state index is 12.2. The lowest BCUT2D eigenvalue weighted by atomic mass is 10.1. The summed E-state index contributed by atoms with van der Waals surface area (Å²) in [5.41, 5.74) is 1.63. The van der Waals surface area contributed by atoms with Gasteiger partial charge in [-0.3, -0.25) is 4.90 Å². The zero-order valence-electron chi connectivity index (χ0n) is 16.5. The number of halogens is 1. The molecule has 2 heterocycles. The van der Waals surface area contributed by atoms with Crippen LogP contribution in [0.3, 0.4) is 0 Å². The number of cyclic esters (lactones) is 1. The van der Waals surface area contributed by atoms with Crippen LogP contribution in [0.25, 0.3) is 0 Å². The predicted octanol–water partition coefficient (Wildman–Crippen LogP) is 2.80. The lowest BCUT2D eigenvalue weighted by Gasteiger charge is -2.37. The van der Waals surface area contributed by atoms with E-state index >= 15 is 0 Å². The van der Waals surface area contributed by atoms with E-state index in [0.717, 1.165) is 26.2 Å². The molecule has 2 aromatic carbocycles. The van der Waals surface area contributed by atoms with E-state index in [9.17, 15) is 9.59 Å². The van der Waals surface area contributed by atoms with Crippen LogP contribution in [0.4, 0.5) is 10.5 Å². The van der Waals surface area contributed by atoms with Gasteiger partial charge in [0.25, 0.3) is 0 Å². The van der Waals surface area contributed by atoms with Gasteiger partial charge in [0.15, 0.2) is 6.10 Å². The van der Waals surface area contributed by atoms with Gasteiger partial charge in [-0.2, -0.15) is 0 Å². The van der Waals surface area contributed by atoms with Gasteiger partial charge in [0.2, 0.25) is 0 Å². The Morgan fingerprint density at radius 1 is 1.07 bits per heavy atom. The van der Waals surface area contributed by atoms with Crippen molar-refractivity contribution in [1.29, 1.82) is 0 Å². The smallest absolute Gasteiger partial charge is 0.408 e. The first-order valence-electron chi connectivity index (χ1n) is 10.0. The van der Waals surface area contributed by atoms with Crippen LogP contribution in [0, 0.1) is 0 Å². The number of anilines is 1. The van der Waals surface area contributed by atoms with Gasteiger partial charge in [0, 0.05) is 43.4 Å². The molecule has 30 heavy (non-hydrogen) atoms. The highest BCUT2D eigenvalue weighted by Crippen LogP contribution is 2.18. The SMILES string of the molecule is O=C1N[C@H](CN2CCN(c3ccccc3)CC2)[C@@H](COC(=O)c2ccc(Cl)cc2)O1. The van der Waals surface area contributed by atoms with Crippen LogP contribution in [-0.4, -0.2) is 68.4 Å². The quantitative estimate of drug-likeness (QED) is 0.712. The molecular weight excluding hydrogens is 406 g/mol. The monoisotopic (exact) mass is 429 g/mol. The zero-order valence-corrected chi connectivity index (χ0v) is 17.3. The Morgan fingerprint density at radius 3 is 2.47 bits per heavy atom. The van der Waals surface area contributed by atoms with Gasteiger partial charge < -0.3 is 19.7 Å². The molecule has 1 amide bonds. The third-order valence-corrected chi connectivity index (χ3v) is 5.67. The van der Waals surface area contributed by atoms with Gasteiger partial charge in [-0.15, -0.1) is 0 Å². The van der Waals surface area contributed by atoms with Crippen molar-refractivity contribution in [3.05, 3.63) is 65.2 Å². The fourth-order valence-electron chi connectivity index (χ4n) is 3.74. The maximum Gasteiger partial charge on any atom is 0.408 e. The second kappa shape index (κ2) is 9.36. The van der Waals surface area contributed by atoms with Crippen molar-refractivity contribution in [2.24, 2.45) is 0 Å². The number of carbonyl (C=O) groups is 2. The average Bonchev–Trinajstić information content (AvgIpc) is 3.12. The molecule has 1 N–H and O–H groups in total. The third-order valence-electron chi connectivity index (χ3n) is 5.42.